The molecule has 0 bridgehead atoms. The van der Waals surface area contributed by atoms with Gasteiger partial charge in [-0.2, -0.15) is 0 Å². The lowest BCUT2D eigenvalue weighted by Gasteiger charge is -2.20. The second-order valence-electron chi connectivity index (χ2n) is 5.74. The topological polar surface area (TPSA) is 81.0 Å². The number of carbonyl (C=O) groups is 2. The SMILES string of the molecule is COc1ccc(OC)c(N2C[C@@H](C(=O)NCc3ccco3)CC2=O)c1. The molecule has 1 aliphatic rings. The van der Waals surface area contributed by atoms with Crippen LogP contribution < -0.4 is 19.7 Å². The molecule has 132 valence electrons. The van der Waals surface area contributed by atoms with Crippen LogP contribution in [0.25, 0.3) is 0 Å². The average Bonchev–Trinajstić information content (AvgIpc) is 3.28. The zero-order valence-corrected chi connectivity index (χ0v) is 14.2. The van der Waals surface area contributed by atoms with Gasteiger partial charge in [0.15, 0.2) is 0 Å². The first-order valence-corrected chi connectivity index (χ1v) is 7.95. The minimum Gasteiger partial charge on any atom is -0.497 e. The number of anilines is 1. The molecule has 2 heterocycles. The zero-order chi connectivity index (χ0) is 17.8. The third-order valence-corrected chi connectivity index (χ3v) is 4.19. The van der Waals surface area contributed by atoms with Crippen LogP contribution in [0.3, 0.4) is 0 Å². The van der Waals surface area contributed by atoms with Gasteiger partial charge in [0, 0.05) is 19.0 Å². The summed E-state index contributed by atoms with van der Waals surface area (Å²) in [6, 6.07) is 8.78. The number of nitrogens with one attached hydrogen (secondary N) is 1. The second kappa shape index (κ2) is 7.29. The number of methoxy groups -OCH3 is 2. The minimum absolute atomic E-state index is 0.121. The predicted molar refractivity (Wildman–Crippen MR) is 90.6 cm³/mol. The number of amides is 2. The Morgan fingerprint density at radius 2 is 2.16 bits per heavy atom. The average molecular weight is 344 g/mol. The highest BCUT2D eigenvalue weighted by molar-refractivity contribution is 6.01. The van der Waals surface area contributed by atoms with Crippen LogP contribution in [0.2, 0.25) is 0 Å². The van der Waals surface area contributed by atoms with E-state index in [1.165, 1.54) is 0 Å². The van der Waals surface area contributed by atoms with Crippen molar-refractivity contribution in [2.75, 3.05) is 25.7 Å². The molecule has 2 amide bonds. The standard InChI is InChI=1S/C18H20N2O5/c1-23-13-5-6-16(24-2)15(9-13)20-11-12(8-17(20)21)18(22)19-10-14-4-3-7-25-14/h3-7,9,12H,8,10-11H2,1-2H3,(H,19,22)/t12-/m0/s1. The molecule has 2 aromatic rings. The van der Waals surface area contributed by atoms with Crippen molar-refractivity contribution in [1.29, 1.82) is 0 Å². The van der Waals surface area contributed by atoms with E-state index < -0.39 is 5.92 Å². The summed E-state index contributed by atoms with van der Waals surface area (Å²) in [7, 11) is 3.10. The molecule has 1 atom stereocenters. The number of carbonyl (C=O) groups excluding carboxylic acids is 2. The molecule has 1 N–H and O–H groups in total. The lowest BCUT2D eigenvalue weighted by Crippen LogP contribution is -2.32. The fraction of sp³-hybridized carbons (Fsp3) is 0.333. The normalized spacial score (nSPS) is 16.8. The molecule has 3 rings (SSSR count). The molecule has 1 aliphatic heterocycles. The molecule has 0 unspecified atom stereocenters. The van der Waals surface area contributed by atoms with Crippen LogP contribution in [0.4, 0.5) is 5.69 Å². The molecule has 7 nitrogen and oxygen atoms in total. The zero-order valence-electron chi connectivity index (χ0n) is 14.2. The molecule has 0 saturated carbocycles. The van der Waals surface area contributed by atoms with Crippen molar-refractivity contribution in [3.63, 3.8) is 0 Å². The lowest BCUT2D eigenvalue weighted by molar-refractivity contribution is -0.126. The maximum Gasteiger partial charge on any atom is 0.227 e. The summed E-state index contributed by atoms with van der Waals surface area (Å²) in [5.41, 5.74) is 0.605. The van der Waals surface area contributed by atoms with Gasteiger partial charge >= 0.3 is 0 Å². The molecule has 1 saturated heterocycles. The van der Waals surface area contributed by atoms with Crippen molar-refractivity contribution in [2.24, 2.45) is 5.92 Å². The molecule has 0 radical (unpaired) electrons. The Kier molecular flexibility index (Phi) is 4.92. The first-order valence-electron chi connectivity index (χ1n) is 7.95. The highest BCUT2D eigenvalue weighted by Crippen LogP contribution is 2.36. The maximum absolute atomic E-state index is 12.4. The minimum atomic E-state index is -0.418. The van der Waals surface area contributed by atoms with E-state index in [2.05, 4.69) is 5.32 Å². The van der Waals surface area contributed by atoms with Gasteiger partial charge in [-0.1, -0.05) is 0 Å². The van der Waals surface area contributed by atoms with Crippen LogP contribution >= 0.6 is 0 Å². The smallest absolute Gasteiger partial charge is 0.227 e. The third kappa shape index (κ3) is 3.60. The van der Waals surface area contributed by atoms with E-state index in [4.69, 9.17) is 13.9 Å². The summed E-state index contributed by atoms with van der Waals surface area (Å²) in [6.07, 6.45) is 1.71. The highest BCUT2D eigenvalue weighted by Gasteiger charge is 2.36. The van der Waals surface area contributed by atoms with Crippen molar-refractivity contribution >= 4 is 17.5 Å². The summed E-state index contributed by atoms with van der Waals surface area (Å²) in [5.74, 6) is 1.14. The molecular formula is C18H20N2O5. The summed E-state index contributed by atoms with van der Waals surface area (Å²) >= 11 is 0. The third-order valence-electron chi connectivity index (χ3n) is 4.19. The van der Waals surface area contributed by atoms with Crippen LogP contribution in [0.5, 0.6) is 11.5 Å². The maximum atomic E-state index is 12.4. The molecule has 0 aliphatic carbocycles. The van der Waals surface area contributed by atoms with E-state index >= 15 is 0 Å². The van der Waals surface area contributed by atoms with Crippen LogP contribution in [0, 0.1) is 5.92 Å². The highest BCUT2D eigenvalue weighted by atomic mass is 16.5. The fourth-order valence-electron chi connectivity index (χ4n) is 2.86. The van der Waals surface area contributed by atoms with E-state index in [9.17, 15) is 9.59 Å². The largest absolute Gasteiger partial charge is 0.497 e. The molecule has 25 heavy (non-hydrogen) atoms. The molecule has 1 fully saturated rings. The van der Waals surface area contributed by atoms with E-state index in [0.29, 0.717) is 36.0 Å². The van der Waals surface area contributed by atoms with Crippen LogP contribution in [-0.2, 0) is 16.1 Å². The Bertz CT molecular complexity index is 757. The summed E-state index contributed by atoms with van der Waals surface area (Å²) in [5, 5.41) is 2.80. The Hall–Kier alpha value is -2.96. The van der Waals surface area contributed by atoms with Crippen molar-refractivity contribution < 1.29 is 23.5 Å². The Labute approximate surface area is 145 Å². The number of benzene rings is 1. The van der Waals surface area contributed by atoms with Gasteiger partial charge < -0.3 is 24.1 Å². The number of furan rings is 1. The molecule has 1 aromatic heterocycles. The first kappa shape index (κ1) is 16.9. The molecule has 0 spiro atoms. The Balaban J connectivity index is 1.71. The van der Waals surface area contributed by atoms with Crippen LogP contribution in [0.15, 0.2) is 41.0 Å². The lowest BCUT2D eigenvalue weighted by atomic mass is 10.1. The van der Waals surface area contributed by atoms with E-state index in [-0.39, 0.29) is 18.2 Å². The quantitative estimate of drug-likeness (QED) is 0.866. The molecule has 1 aromatic carbocycles. The number of ether oxygens (including phenoxy) is 2. The van der Waals surface area contributed by atoms with Crippen molar-refractivity contribution in [1.82, 2.24) is 5.32 Å². The van der Waals surface area contributed by atoms with E-state index in [1.807, 2.05) is 0 Å². The van der Waals surface area contributed by atoms with Crippen molar-refractivity contribution in [3.05, 3.63) is 42.4 Å². The van der Waals surface area contributed by atoms with Crippen LogP contribution in [-0.4, -0.2) is 32.6 Å². The van der Waals surface area contributed by atoms with Gasteiger partial charge in [-0.25, -0.2) is 0 Å². The number of hydrogen-bond donors (Lipinski definition) is 1. The fourth-order valence-corrected chi connectivity index (χ4v) is 2.86. The Morgan fingerprint density at radius 1 is 1.32 bits per heavy atom. The van der Waals surface area contributed by atoms with Gasteiger partial charge in [0.1, 0.15) is 17.3 Å². The van der Waals surface area contributed by atoms with Gasteiger partial charge in [-0.15, -0.1) is 0 Å². The van der Waals surface area contributed by atoms with Gasteiger partial charge in [0.2, 0.25) is 11.8 Å². The number of hydrogen-bond acceptors (Lipinski definition) is 5. The van der Waals surface area contributed by atoms with Gasteiger partial charge in [0.05, 0.1) is 38.6 Å². The second-order valence-corrected chi connectivity index (χ2v) is 5.74. The summed E-state index contributed by atoms with van der Waals surface area (Å²) in [4.78, 5) is 26.3. The summed E-state index contributed by atoms with van der Waals surface area (Å²) < 4.78 is 15.7. The summed E-state index contributed by atoms with van der Waals surface area (Å²) in [6.45, 7) is 0.603. The number of nitrogens with zero attached hydrogens (tertiary/aromatic N) is 1. The van der Waals surface area contributed by atoms with Gasteiger partial charge in [0.25, 0.3) is 0 Å². The van der Waals surface area contributed by atoms with Gasteiger partial charge in [-0.3, -0.25) is 9.59 Å². The molecular weight excluding hydrogens is 324 g/mol. The first-order chi connectivity index (χ1) is 12.1. The van der Waals surface area contributed by atoms with Crippen molar-refractivity contribution in [3.8, 4) is 11.5 Å². The van der Waals surface area contributed by atoms with E-state index in [0.717, 1.165) is 0 Å². The van der Waals surface area contributed by atoms with E-state index in [1.54, 1.807) is 55.7 Å². The van der Waals surface area contributed by atoms with Crippen molar-refractivity contribution in [2.45, 2.75) is 13.0 Å². The predicted octanol–water partition coefficient (Wildman–Crippen LogP) is 1.97. The van der Waals surface area contributed by atoms with Gasteiger partial charge in [-0.05, 0) is 24.3 Å². The van der Waals surface area contributed by atoms with Crippen LogP contribution in [0.1, 0.15) is 12.2 Å². The monoisotopic (exact) mass is 344 g/mol. The molecule has 7 heteroatoms. The number of rotatable bonds is 6. The Morgan fingerprint density at radius 3 is 2.84 bits per heavy atom.